The van der Waals surface area contributed by atoms with Gasteiger partial charge < -0.3 is 20.7 Å². The first kappa shape index (κ1) is 17.9. The lowest BCUT2D eigenvalue weighted by Crippen LogP contribution is -2.14. The molecule has 3 rings (SSSR count). The van der Waals surface area contributed by atoms with Gasteiger partial charge in [-0.2, -0.15) is 4.98 Å². The fourth-order valence-electron chi connectivity index (χ4n) is 2.92. The summed E-state index contributed by atoms with van der Waals surface area (Å²) in [5.74, 6) is 2.30. The second-order valence-corrected chi connectivity index (χ2v) is 5.96. The Kier molecular flexibility index (Phi) is 5.86. The molecule has 0 saturated heterocycles. The van der Waals surface area contributed by atoms with Crippen molar-refractivity contribution in [2.45, 2.75) is 6.42 Å². The second kappa shape index (κ2) is 8.49. The highest BCUT2D eigenvalue weighted by Gasteiger charge is 2.12. The molecule has 0 aliphatic rings. The van der Waals surface area contributed by atoms with Crippen LogP contribution in [0.2, 0.25) is 0 Å². The number of ether oxygens (including phenoxy) is 1. The molecule has 0 fully saturated rings. The minimum absolute atomic E-state index is 0.643. The predicted octanol–water partition coefficient (Wildman–Crippen LogP) is 3.37. The van der Waals surface area contributed by atoms with E-state index in [-0.39, 0.29) is 0 Å². The third-order valence-corrected chi connectivity index (χ3v) is 4.25. The van der Waals surface area contributed by atoms with Gasteiger partial charge in [-0.05, 0) is 49.3 Å². The second-order valence-electron chi connectivity index (χ2n) is 5.96. The third kappa shape index (κ3) is 3.86. The SMILES string of the molecule is CNCCCNc1nc(NC)c2c(-c3ccc(OC)cc3)cccc2n1. The zero-order valence-corrected chi connectivity index (χ0v) is 15.5. The first-order valence-corrected chi connectivity index (χ1v) is 8.78. The average Bonchev–Trinajstić information content (AvgIpc) is 2.70. The quantitative estimate of drug-likeness (QED) is 0.541. The number of nitrogens with one attached hydrogen (secondary N) is 3. The standard InChI is InChI=1S/C20H25N5O/c1-21-12-5-13-23-20-24-17-7-4-6-16(18(17)19(22-2)25-20)14-8-10-15(26-3)11-9-14/h4,6-11,21H,5,12-13H2,1-3H3,(H2,22,23,24,25). The van der Waals surface area contributed by atoms with Crippen molar-refractivity contribution in [2.75, 3.05) is 44.9 Å². The van der Waals surface area contributed by atoms with Crippen molar-refractivity contribution in [1.82, 2.24) is 15.3 Å². The Hall–Kier alpha value is -2.86. The summed E-state index contributed by atoms with van der Waals surface area (Å²) in [6.07, 6.45) is 1.01. The van der Waals surface area contributed by atoms with Crippen LogP contribution in [-0.2, 0) is 0 Å². The molecule has 1 aromatic heterocycles. The van der Waals surface area contributed by atoms with Gasteiger partial charge in [0.05, 0.1) is 18.0 Å². The van der Waals surface area contributed by atoms with E-state index >= 15 is 0 Å². The number of hydrogen-bond donors (Lipinski definition) is 3. The van der Waals surface area contributed by atoms with E-state index in [0.29, 0.717) is 5.95 Å². The molecule has 0 saturated carbocycles. The molecule has 0 atom stereocenters. The summed E-state index contributed by atoms with van der Waals surface area (Å²) >= 11 is 0. The van der Waals surface area contributed by atoms with Crippen LogP contribution in [0.25, 0.3) is 22.0 Å². The van der Waals surface area contributed by atoms with Gasteiger partial charge in [-0.3, -0.25) is 0 Å². The van der Waals surface area contributed by atoms with Crippen LogP contribution in [0.1, 0.15) is 6.42 Å². The topological polar surface area (TPSA) is 71.1 Å². The maximum atomic E-state index is 5.26. The number of benzene rings is 2. The van der Waals surface area contributed by atoms with Gasteiger partial charge in [0, 0.05) is 13.6 Å². The fraction of sp³-hybridized carbons (Fsp3) is 0.300. The number of methoxy groups -OCH3 is 1. The van der Waals surface area contributed by atoms with Crippen molar-refractivity contribution in [2.24, 2.45) is 0 Å². The summed E-state index contributed by atoms with van der Waals surface area (Å²) < 4.78 is 5.26. The molecule has 136 valence electrons. The lowest BCUT2D eigenvalue weighted by Gasteiger charge is -2.13. The largest absolute Gasteiger partial charge is 0.497 e. The highest BCUT2D eigenvalue weighted by molar-refractivity contribution is 6.02. The van der Waals surface area contributed by atoms with Gasteiger partial charge in [0.1, 0.15) is 11.6 Å². The minimum Gasteiger partial charge on any atom is -0.497 e. The van der Waals surface area contributed by atoms with E-state index in [0.717, 1.165) is 53.1 Å². The molecule has 6 nitrogen and oxygen atoms in total. The van der Waals surface area contributed by atoms with Crippen LogP contribution >= 0.6 is 0 Å². The van der Waals surface area contributed by atoms with E-state index in [1.807, 2.05) is 38.4 Å². The maximum Gasteiger partial charge on any atom is 0.225 e. The molecule has 0 aliphatic heterocycles. The van der Waals surface area contributed by atoms with Crippen molar-refractivity contribution in [1.29, 1.82) is 0 Å². The van der Waals surface area contributed by atoms with E-state index in [1.165, 1.54) is 0 Å². The van der Waals surface area contributed by atoms with Crippen LogP contribution in [0.5, 0.6) is 5.75 Å². The highest BCUT2D eigenvalue weighted by atomic mass is 16.5. The zero-order valence-electron chi connectivity index (χ0n) is 15.5. The Labute approximate surface area is 154 Å². The van der Waals surface area contributed by atoms with E-state index < -0.39 is 0 Å². The van der Waals surface area contributed by atoms with Crippen LogP contribution in [0.15, 0.2) is 42.5 Å². The molecule has 2 aromatic carbocycles. The summed E-state index contributed by atoms with van der Waals surface area (Å²) in [5, 5.41) is 10.7. The van der Waals surface area contributed by atoms with E-state index in [9.17, 15) is 0 Å². The van der Waals surface area contributed by atoms with Gasteiger partial charge in [0.15, 0.2) is 0 Å². The Morgan fingerprint density at radius 3 is 2.46 bits per heavy atom. The van der Waals surface area contributed by atoms with Crippen LogP contribution in [0, 0.1) is 0 Å². The molecule has 0 aliphatic carbocycles. The molecule has 0 spiro atoms. The van der Waals surface area contributed by atoms with Crippen molar-refractivity contribution >= 4 is 22.7 Å². The van der Waals surface area contributed by atoms with Crippen molar-refractivity contribution < 1.29 is 4.74 Å². The fourth-order valence-corrected chi connectivity index (χ4v) is 2.92. The van der Waals surface area contributed by atoms with Gasteiger partial charge in [-0.25, -0.2) is 4.98 Å². The molecule has 0 bridgehead atoms. The maximum absolute atomic E-state index is 5.26. The molecule has 0 radical (unpaired) electrons. The first-order valence-electron chi connectivity index (χ1n) is 8.78. The molecule has 1 heterocycles. The Morgan fingerprint density at radius 1 is 0.962 bits per heavy atom. The van der Waals surface area contributed by atoms with Gasteiger partial charge in [0.2, 0.25) is 5.95 Å². The Morgan fingerprint density at radius 2 is 1.77 bits per heavy atom. The number of rotatable bonds is 8. The molecule has 0 unspecified atom stereocenters. The Balaban J connectivity index is 2.00. The van der Waals surface area contributed by atoms with Gasteiger partial charge >= 0.3 is 0 Å². The minimum atomic E-state index is 0.643. The van der Waals surface area contributed by atoms with E-state index in [2.05, 4.69) is 39.1 Å². The zero-order chi connectivity index (χ0) is 18.4. The summed E-state index contributed by atoms with van der Waals surface area (Å²) in [6.45, 7) is 1.79. The van der Waals surface area contributed by atoms with Crippen LogP contribution < -0.4 is 20.7 Å². The number of fused-ring (bicyclic) bond motifs is 1. The average molecular weight is 351 g/mol. The molecular weight excluding hydrogens is 326 g/mol. The number of aromatic nitrogens is 2. The van der Waals surface area contributed by atoms with Crippen LogP contribution in [-0.4, -0.2) is 44.3 Å². The van der Waals surface area contributed by atoms with Crippen LogP contribution in [0.3, 0.4) is 0 Å². The molecule has 26 heavy (non-hydrogen) atoms. The third-order valence-electron chi connectivity index (χ3n) is 4.25. The number of anilines is 2. The van der Waals surface area contributed by atoms with Crippen LogP contribution in [0.4, 0.5) is 11.8 Å². The summed E-state index contributed by atoms with van der Waals surface area (Å²) in [6, 6.07) is 14.2. The normalized spacial score (nSPS) is 10.7. The lowest BCUT2D eigenvalue weighted by atomic mass is 10.0. The Bertz CT molecular complexity index is 864. The molecular formula is C20H25N5O. The monoisotopic (exact) mass is 351 g/mol. The molecule has 6 heteroatoms. The number of nitrogens with zero attached hydrogens (tertiary/aromatic N) is 2. The van der Waals surface area contributed by atoms with Gasteiger partial charge in [0.25, 0.3) is 0 Å². The van der Waals surface area contributed by atoms with Gasteiger partial charge in [-0.1, -0.05) is 24.3 Å². The lowest BCUT2D eigenvalue weighted by molar-refractivity contribution is 0.415. The molecule has 3 N–H and O–H groups in total. The first-order chi connectivity index (χ1) is 12.8. The summed E-state index contributed by atoms with van der Waals surface area (Å²) in [7, 11) is 5.51. The molecule has 0 amide bonds. The summed E-state index contributed by atoms with van der Waals surface area (Å²) in [5.41, 5.74) is 3.11. The van der Waals surface area contributed by atoms with Crippen molar-refractivity contribution in [3.8, 4) is 16.9 Å². The highest BCUT2D eigenvalue weighted by Crippen LogP contribution is 2.33. The van der Waals surface area contributed by atoms with E-state index in [1.54, 1.807) is 7.11 Å². The summed E-state index contributed by atoms with van der Waals surface area (Å²) in [4.78, 5) is 9.35. The van der Waals surface area contributed by atoms with Gasteiger partial charge in [-0.15, -0.1) is 0 Å². The molecule has 3 aromatic rings. The van der Waals surface area contributed by atoms with Crippen molar-refractivity contribution in [3.63, 3.8) is 0 Å². The van der Waals surface area contributed by atoms with E-state index in [4.69, 9.17) is 9.72 Å². The van der Waals surface area contributed by atoms with Crippen molar-refractivity contribution in [3.05, 3.63) is 42.5 Å². The smallest absolute Gasteiger partial charge is 0.225 e. The predicted molar refractivity (Wildman–Crippen MR) is 108 cm³/mol. The number of hydrogen-bond acceptors (Lipinski definition) is 6.